The molecule has 3 rings (SSSR count). The monoisotopic (exact) mass is 316 g/mol. The number of anilines is 1. The zero-order chi connectivity index (χ0) is 15.5. The van der Waals surface area contributed by atoms with Crippen LogP contribution in [0.3, 0.4) is 0 Å². The van der Waals surface area contributed by atoms with Gasteiger partial charge in [-0.05, 0) is 30.7 Å². The Morgan fingerprint density at radius 3 is 2.82 bits per heavy atom. The lowest BCUT2D eigenvalue weighted by molar-refractivity contribution is 0.102. The third kappa shape index (κ3) is 3.24. The van der Waals surface area contributed by atoms with E-state index >= 15 is 0 Å². The van der Waals surface area contributed by atoms with Crippen LogP contribution in [0.5, 0.6) is 0 Å². The quantitative estimate of drug-likeness (QED) is 0.911. The molecule has 0 fully saturated rings. The molecular formula is C17H17ClN2O2. The smallest absolute Gasteiger partial charge is 0.220 e. The normalized spacial score (nSPS) is 14.6. The van der Waals surface area contributed by atoms with Crippen LogP contribution in [0.4, 0.5) is 5.69 Å². The number of aryl methyl sites for hydroxylation is 1. The number of ether oxygens (including phenoxy) is 1. The zero-order valence-electron chi connectivity index (χ0n) is 12.2. The highest BCUT2D eigenvalue weighted by Gasteiger charge is 2.17. The van der Waals surface area contributed by atoms with Crippen molar-refractivity contribution in [3.8, 4) is 0 Å². The summed E-state index contributed by atoms with van der Waals surface area (Å²) in [4.78, 5) is 4.31. The predicted octanol–water partition coefficient (Wildman–Crippen LogP) is 3.53. The van der Waals surface area contributed by atoms with Crippen LogP contribution in [-0.2, 0) is 4.74 Å². The second-order valence-electron chi connectivity index (χ2n) is 5.23. The lowest BCUT2D eigenvalue weighted by Gasteiger charge is -2.20. The summed E-state index contributed by atoms with van der Waals surface area (Å²) in [6, 6.07) is 13.2. The molecule has 0 aliphatic carbocycles. The summed E-state index contributed by atoms with van der Waals surface area (Å²) in [7, 11) is 0. The van der Waals surface area contributed by atoms with Gasteiger partial charge in [0.25, 0.3) is 0 Å². The SMILES string of the molecule is Cc1ccc(C(O)COC2=NCNc3cc(Cl)ccc32)cc1. The second kappa shape index (κ2) is 6.38. The minimum Gasteiger partial charge on any atom is -0.474 e. The maximum atomic E-state index is 10.2. The van der Waals surface area contributed by atoms with E-state index in [1.165, 1.54) is 0 Å². The van der Waals surface area contributed by atoms with E-state index in [0.717, 1.165) is 22.4 Å². The summed E-state index contributed by atoms with van der Waals surface area (Å²) < 4.78 is 5.71. The van der Waals surface area contributed by atoms with Gasteiger partial charge in [-0.1, -0.05) is 41.4 Å². The number of fused-ring (bicyclic) bond motifs is 1. The van der Waals surface area contributed by atoms with Crippen LogP contribution in [0, 0.1) is 6.92 Å². The van der Waals surface area contributed by atoms with Gasteiger partial charge in [0.1, 0.15) is 19.4 Å². The van der Waals surface area contributed by atoms with Crippen LogP contribution in [0.25, 0.3) is 0 Å². The van der Waals surface area contributed by atoms with E-state index in [4.69, 9.17) is 16.3 Å². The van der Waals surface area contributed by atoms with Gasteiger partial charge >= 0.3 is 0 Å². The largest absolute Gasteiger partial charge is 0.474 e. The molecule has 1 heterocycles. The second-order valence-corrected chi connectivity index (χ2v) is 5.66. The Morgan fingerprint density at radius 1 is 1.27 bits per heavy atom. The van der Waals surface area contributed by atoms with Gasteiger partial charge in [-0.25, -0.2) is 4.99 Å². The number of hydrogen-bond donors (Lipinski definition) is 2. The fourth-order valence-corrected chi connectivity index (χ4v) is 2.47. The molecule has 0 saturated carbocycles. The Labute approximate surface area is 134 Å². The Hall–Kier alpha value is -2.04. The first-order chi connectivity index (χ1) is 10.6. The Kier molecular flexibility index (Phi) is 4.32. The van der Waals surface area contributed by atoms with Gasteiger partial charge < -0.3 is 15.2 Å². The third-order valence-electron chi connectivity index (χ3n) is 3.54. The van der Waals surface area contributed by atoms with E-state index in [0.29, 0.717) is 17.6 Å². The molecule has 2 aromatic rings. The van der Waals surface area contributed by atoms with Crippen molar-refractivity contribution in [2.75, 3.05) is 18.6 Å². The van der Waals surface area contributed by atoms with E-state index in [2.05, 4.69) is 10.3 Å². The first-order valence-electron chi connectivity index (χ1n) is 7.09. The van der Waals surface area contributed by atoms with Crippen LogP contribution in [0.1, 0.15) is 22.8 Å². The fourth-order valence-electron chi connectivity index (χ4n) is 2.30. The van der Waals surface area contributed by atoms with Gasteiger partial charge in [0, 0.05) is 10.7 Å². The summed E-state index contributed by atoms with van der Waals surface area (Å²) in [6.45, 7) is 2.60. The van der Waals surface area contributed by atoms with Crippen LogP contribution in [-0.4, -0.2) is 24.3 Å². The van der Waals surface area contributed by atoms with Gasteiger partial charge in [0.15, 0.2) is 0 Å². The van der Waals surface area contributed by atoms with Crippen molar-refractivity contribution in [1.29, 1.82) is 0 Å². The van der Waals surface area contributed by atoms with Gasteiger partial charge in [0.2, 0.25) is 5.90 Å². The molecule has 1 atom stereocenters. The highest BCUT2D eigenvalue weighted by molar-refractivity contribution is 6.31. The highest BCUT2D eigenvalue weighted by atomic mass is 35.5. The lowest BCUT2D eigenvalue weighted by Crippen LogP contribution is -2.20. The number of nitrogens with zero attached hydrogens (tertiary/aromatic N) is 1. The molecule has 0 aromatic heterocycles. The number of aliphatic imine (C=N–C) groups is 1. The Balaban J connectivity index is 1.69. The number of rotatable bonds is 3. The summed E-state index contributed by atoms with van der Waals surface area (Å²) in [5.74, 6) is 0.525. The molecule has 2 N–H and O–H groups in total. The average molecular weight is 317 g/mol. The van der Waals surface area contributed by atoms with Crippen molar-refractivity contribution >= 4 is 23.2 Å². The highest BCUT2D eigenvalue weighted by Crippen LogP contribution is 2.25. The van der Waals surface area contributed by atoms with E-state index in [-0.39, 0.29) is 6.61 Å². The van der Waals surface area contributed by atoms with E-state index in [1.807, 2.05) is 43.3 Å². The van der Waals surface area contributed by atoms with Crippen LogP contribution < -0.4 is 5.32 Å². The number of nitrogens with one attached hydrogen (secondary N) is 1. The predicted molar refractivity (Wildman–Crippen MR) is 88.6 cm³/mol. The Bertz CT molecular complexity index is 698. The molecule has 1 aliphatic heterocycles. The molecule has 0 saturated heterocycles. The molecule has 0 radical (unpaired) electrons. The molecular weight excluding hydrogens is 300 g/mol. The Morgan fingerprint density at radius 2 is 2.05 bits per heavy atom. The standard InChI is InChI=1S/C17H17ClN2O2/c1-11-2-4-12(5-3-11)16(21)9-22-17-14-7-6-13(18)8-15(14)19-10-20-17/h2-8,16,19,21H,9-10H2,1H3. The molecule has 4 nitrogen and oxygen atoms in total. The molecule has 0 spiro atoms. The van der Waals surface area contributed by atoms with E-state index in [1.54, 1.807) is 6.07 Å². The molecule has 22 heavy (non-hydrogen) atoms. The van der Waals surface area contributed by atoms with Crippen molar-refractivity contribution in [2.24, 2.45) is 4.99 Å². The van der Waals surface area contributed by atoms with Gasteiger partial charge in [-0.15, -0.1) is 0 Å². The summed E-state index contributed by atoms with van der Waals surface area (Å²) >= 11 is 5.98. The van der Waals surface area contributed by atoms with Crippen molar-refractivity contribution in [2.45, 2.75) is 13.0 Å². The maximum absolute atomic E-state index is 10.2. The molecule has 1 unspecified atom stereocenters. The lowest BCUT2D eigenvalue weighted by atomic mass is 10.1. The fraction of sp³-hybridized carbons (Fsp3) is 0.235. The van der Waals surface area contributed by atoms with Crippen molar-refractivity contribution < 1.29 is 9.84 Å². The topological polar surface area (TPSA) is 53.9 Å². The van der Waals surface area contributed by atoms with Crippen molar-refractivity contribution in [3.05, 3.63) is 64.2 Å². The summed E-state index contributed by atoms with van der Waals surface area (Å²) in [5, 5.41) is 14.0. The first-order valence-corrected chi connectivity index (χ1v) is 7.47. The molecule has 0 amide bonds. The minimum absolute atomic E-state index is 0.157. The molecule has 114 valence electrons. The molecule has 0 bridgehead atoms. The van der Waals surface area contributed by atoms with Crippen LogP contribution >= 0.6 is 11.6 Å². The number of hydrogen-bond acceptors (Lipinski definition) is 4. The third-order valence-corrected chi connectivity index (χ3v) is 3.78. The van der Waals surface area contributed by atoms with Crippen LogP contribution in [0.15, 0.2) is 47.5 Å². The van der Waals surface area contributed by atoms with E-state index in [9.17, 15) is 5.11 Å². The van der Waals surface area contributed by atoms with E-state index < -0.39 is 6.10 Å². The van der Waals surface area contributed by atoms with Gasteiger partial charge in [-0.3, -0.25) is 0 Å². The summed E-state index contributed by atoms with van der Waals surface area (Å²) in [5.41, 5.74) is 3.73. The average Bonchev–Trinajstić information content (AvgIpc) is 2.52. The molecule has 2 aromatic carbocycles. The van der Waals surface area contributed by atoms with Crippen LogP contribution in [0.2, 0.25) is 5.02 Å². The zero-order valence-corrected chi connectivity index (χ0v) is 13.0. The number of halogens is 1. The first kappa shape index (κ1) is 14.9. The van der Waals surface area contributed by atoms with Gasteiger partial charge in [0.05, 0.1) is 5.56 Å². The molecule has 1 aliphatic rings. The number of aliphatic hydroxyl groups is 1. The minimum atomic E-state index is -0.686. The molecule has 5 heteroatoms. The van der Waals surface area contributed by atoms with Gasteiger partial charge in [-0.2, -0.15) is 0 Å². The maximum Gasteiger partial charge on any atom is 0.220 e. The number of benzene rings is 2. The summed E-state index contributed by atoms with van der Waals surface area (Å²) in [6.07, 6.45) is -0.686. The van der Waals surface area contributed by atoms with Crippen molar-refractivity contribution in [1.82, 2.24) is 0 Å². The van der Waals surface area contributed by atoms with Crippen molar-refractivity contribution in [3.63, 3.8) is 0 Å². The number of aliphatic hydroxyl groups excluding tert-OH is 1.